The largest absolute Gasteiger partial charge is 0.490 e. The first-order valence-electron chi connectivity index (χ1n) is 10.1. The number of carbonyl (C=O) groups is 1. The molecule has 1 aliphatic rings. The molecule has 2 aromatic carbocycles. The quantitative estimate of drug-likeness (QED) is 0.553. The van der Waals surface area contributed by atoms with E-state index in [1.807, 2.05) is 38.2 Å². The van der Waals surface area contributed by atoms with Crippen molar-refractivity contribution >= 4 is 17.6 Å². The molecule has 1 atom stereocenters. The summed E-state index contributed by atoms with van der Waals surface area (Å²) < 4.78 is 5.72. The molecule has 0 saturated heterocycles. The molecule has 0 spiro atoms. The molecule has 30 heavy (non-hydrogen) atoms. The second kappa shape index (κ2) is 8.78. The fourth-order valence-electron chi connectivity index (χ4n) is 3.93. The first-order chi connectivity index (χ1) is 14.6. The average Bonchev–Trinajstić information content (AvgIpc) is 3.39. The monoisotopic (exact) mass is 417 g/mol. The number of carbonyl (C=O) groups excluding carboxylic acids is 1. The molecular formula is C24H23N3O2S. The summed E-state index contributed by atoms with van der Waals surface area (Å²) in [6.07, 6.45) is 4.81. The minimum atomic E-state index is 0.0134. The van der Waals surface area contributed by atoms with Gasteiger partial charge in [-0.3, -0.25) is 0 Å². The molecule has 1 aliphatic carbocycles. The molecule has 6 heteroatoms. The Balaban J connectivity index is 1.64. The van der Waals surface area contributed by atoms with E-state index in [2.05, 4.69) is 34.6 Å². The van der Waals surface area contributed by atoms with E-state index in [-0.39, 0.29) is 12.1 Å². The Morgan fingerprint density at radius 2 is 2.23 bits per heavy atom. The number of aldehydes is 1. The van der Waals surface area contributed by atoms with Crippen molar-refractivity contribution in [2.75, 3.05) is 6.54 Å². The zero-order valence-electron chi connectivity index (χ0n) is 17.0. The second-order valence-electron chi connectivity index (χ2n) is 7.56. The topological polar surface area (TPSA) is 75.0 Å². The Kier molecular flexibility index (Phi) is 5.93. The summed E-state index contributed by atoms with van der Waals surface area (Å²) in [5, 5.41) is 13.7. The lowest BCUT2D eigenvalue weighted by Gasteiger charge is -2.12. The van der Waals surface area contributed by atoms with E-state index < -0.39 is 0 Å². The standard InChI is InChI=1S/C24H23N3O2S/c1-15(2)29-22-9-6-16(12-17(22)13-25)24-27-14-23(30-24)20-5-3-4-19-18(20)7-8-21(19)26-10-11-28/h3-6,9,11-12,14-15,21,26H,7-8,10H2,1-2H3. The van der Waals surface area contributed by atoms with Gasteiger partial charge in [0.05, 0.1) is 23.1 Å². The van der Waals surface area contributed by atoms with Crippen LogP contribution in [0, 0.1) is 11.3 Å². The van der Waals surface area contributed by atoms with Crippen LogP contribution in [0.3, 0.4) is 0 Å². The maximum absolute atomic E-state index is 10.7. The molecule has 152 valence electrons. The summed E-state index contributed by atoms with van der Waals surface area (Å²) in [7, 11) is 0. The Labute approximate surface area is 180 Å². The minimum absolute atomic E-state index is 0.0134. The number of rotatable bonds is 7. The third-order valence-electron chi connectivity index (χ3n) is 5.20. The molecule has 0 saturated carbocycles. The summed E-state index contributed by atoms with van der Waals surface area (Å²) in [5.41, 5.74) is 5.23. The number of hydrogen-bond donors (Lipinski definition) is 1. The Morgan fingerprint density at radius 1 is 1.37 bits per heavy atom. The molecule has 0 bridgehead atoms. The zero-order chi connectivity index (χ0) is 21.1. The van der Waals surface area contributed by atoms with Gasteiger partial charge in [-0.15, -0.1) is 11.3 Å². The summed E-state index contributed by atoms with van der Waals surface area (Å²) in [4.78, 5) is 16.5. The highest BCUT2D eigenvalue weighted by atomic mass is 32.1. The van der Waals surface area contributed by atoms with Crippen molar-refractivity contribution in [2.24, 2.45) is 0 Å². The summed E-state index contributed by atoms with van der Waals surface area (Å²) in [5.74, 6) is 0.600. The van der Waals surface area contributed by atoms with Crippen LogP contribution in [0.5, 0.6) is 5.75 Å². The number of thiazole rings is 1. The van der Waals surface area contributed by atoms with Crippen LogP contribution in [-0.2, 0) is 11.2 Å². The summed E-state index contributed by atoms with van der Waals surface area (Å²) in [6, 6.07) is 14.4. The van der Waals surface area contributed by atoms with Gasteiger partial charge in [0, 0.05) is 17.8 Å². The first-order valence-corrected chi connectivity index (χ1v) is 10.9. The Hall–Kier alpha value is -3.01. The van der Waals surface area contributed by atoms with E-state index in [0.29, 0.717) is 17.9 Å². The van der Waals surface area contributed by atoms with Gasteiger partial charge in [-0.25, -0.2) is 4.98 Å². The fraction of sp³-hybridized carbons (Fsp3) is 0.292. The highest BCUT2D eigenvalue weighted by molar-refractivity contribution is 7.18. The van der Waals surface area contributed by atoms with Gasteiger partial charge < -0.3 is 14.8 Å². The maximum Gasteiger partial charge on any atom is 0.137 e. The van der Waals surface area contributed by atoms with E-state index in [1.165, 1.54) is 16.7 Å². The van der Waals surface area contributed by atoms with Crippen LogP contribution < -0.4 is 10.1 Å². The third kappa shape index (κ3) is 4.00. The zero-order valence-corrected chi connectivity index (χ0v) is 17.8. The number of benzene rings is 2. The van der Waals surface area contributed by atoms with Crippen molar-refractivity contribution in [3.05, 3.63) is 59.3 Å². The number of hydrogen-bond acceptors (Lipinski definition) is 6. The maximum atomic E-state index is 10.7. The van der Waals surface area contributed by atoms with Gasteiger partial charge in [-0.05, 0) is 61.6 Å². The van der Waals surface area contributed by atoms with E-state index in [9.17, 15) is 10.1 Å². The fourth-order valence-corrected chi connectivity index (χ4v) is 4.89. The number of nitrogens with zero attached hydrogens (tertiary/aromatic N) is 2. The molecule has 0 fully saturated rings. The highest BCUT2D eigenvalue weighted by Crippen LogP contribution is 2.41. The van der Waals surface area contributed by atoms with Crippen molar-refractivity contribution in [3.8, 4) is 32.8 Å². The lowest BCUT2D eigenvalue weighted by atomic mass is 10.0. The molecule has 3 aromatic rings. The van der Waals surface area contributed by atoms with Crippen molar-refractivity contribution < 1.29 is 9.53 Å². The van der Waals surface area contributed by atoms with Crippen molar-refractivity contribution in [1.82, 2.24) is 10.3 Å². The van der Waals surface area contributed by atoms with Crippen LogP contribution in [0.4, 0.5) is 0 Å². The molecule has 1 N–H and O–H groups in total. The van der Waals surface area contributed by atoms with Crippen molar-refractivity contribution in [1.29, 1.82) is 5.26 Å². The normalized spacial score (nSPS) is 15.1. The molecule has 1 unspecified atom stereocenters. The van der Waals surface area contributed by atoms with E-state index in [1.54, 1.807) is 11.3 Å². The van der Waals surface area contributed by atoms with Crippen LogP contribution >= 0.6 is 11.3 Å². The third-order valence-corrected chi connectivity index (χ3v) is 6.28. The van der Waals surface area contributed by atoms with Gasteiger partial charge in [0.25, 0.3) is 0 Å². The molecule has 0 amide bonds. The van der Waals surface area contributed by atoms with Crippen molar-refractivity contribution in [2.45, 2.75) is 38.8 Å². The van der Waals surface area contributed by atoms with Gasteiger partial charge in [0.2, 0.25) is 0 Å². The summed E-state index contributed by atoms with van der Waals surface area (Å²) >= 11 is 1.63. The van der Waals surface area contributed by atoms with Gasteiger partial charge in [0.1, 0.15) is 23.1 Å². The van der Waals surface area contributed by atoms with E-state index >= 15 is 0 Å². The number of fused-ring (bicyclic) bond motifs is 1. The van der Waals surface area contributed by atoms with E-state index in [4.69, 9.17) is 4.74 Å². The molecule has 1 heterocycles. The van der Waals surface area contributed by atoms with Crippen LogP contribution in [-0.4, -0.2) is 23.9 Å². The van der Waals surface area contributed by atoms with Crippen LogP contribution in [0.15, 0.2) is 42.6 Å². The predicted molar refractivity (Wildman–Crippen MR) is 119 cm³/mol. The molecule has 1 aromatic heterocycles. The van der Waals surface area contributed by atoms with E-state index in [0.717, 1.165) is 34.6 Å². The lowest BCUT2D eigenvalue weighted by Crippen LogP contribution is -2.21. The number of ether oxygens (including phenoxy) is 1. The second-order valence-corrected chi connectivity index (χ2v) is 8.59. The molecule has 0 aliphatic heterocycles. The van der Waals surface area contributed by atoms with Gasteiger partial charge >= 0.3 is 0 Å². The summed E-state index contributed by atoms with van der Waals surface area (Å²) in [6.45, 7) is 4.26. The van der Waals surface area contributed by atoms with Crippen LogP contribution in [0.25, 0.3) is 21.0 Å². The molecular weight excluding hydrogens is 394 g/mol. The Morgan fingerprint density at radius 3 is 3.00 bits per heavy atom. The van der Waals surface area contributed by atoms with Gasteiger partial charge in [-0.2, -0.15) is 5.26 Å². The van der Waals surface area contributed by atoms with Crippen LogP contribution in [0.1, 0.15) is 43.0 Å². The number of nitriles is 1. The van der Waals surface area contributed by atoms with Gasteiger partial charge in [-0.1, -0.05) is 18.2 Å². The minimum Gasteiger partial charge on any atom is -0.490 e. The average molecular weight is 418 g/mol. The lowest BCUT2D eigenvalue weighted by molar-refractivity contribution is -0.107. The molecule has 4 rings (SSSR count). The number of aromatic nitrogens is 1. The number of nitrogens with one attached hydrogen (secondary N) is 1. The first kappa shape index (κ1) is 20.3. The van der Waals surface area contributed by atoms with Crippen LogP contribution in [0.2, 0.25) is 0 Å². The van der Waals surface area contributed by atoms with Crippen molar-refractivity contribution in [3.63, 3.8) is 0 Å². The van der Waals surface area contributed by atoms with Gasteiger partial charge in [0.15, 0.2) is 0 Å². The Bertz CT molecular complexity index is 1110. The predicted octanol–water partition coefficient (Wildman–Crippen LogP) is 4.91. The molecule has 0 radical (unpaired) electrons. The molecule has 5 nitrogen and oxygen atoms in total. The highest BCUT2D eigenvalue weighted by Gasteiger charge is 2.25. The SMILES string of the molecule is CC(C)Oc1ccc(-c2ncc(-c3cccc4c3CCC4NCC=O)s2)cc1C#N. The smallest absolute Gasteiger partial charge is 0.137 e.